The third-order valence-corrected chi connectivity index (χ3v) is 19.1. The van der Waals surface area contributed by atoms with Crippen molar-refractivity contribution in [1.29, 1.82) is 0 Å². The molecule has 0 saturated heterocycles. The maximum Gasteiger partial charge on any atom is 0.189 e. The first kappa shape index (κ1) is 14.5. The molecular weight excluding hydrogens is 288 g/mol. The summed E-state index contributed by atoms with van der Waals surface area (Å²) in [5.74, 6) is 0. The van der Waals surface area contributed by atoms with Gasteiger partial charge in [-0.3, -0.25) is 0 Å². The van der Waals surface area contributed by atoms with E-state index in [0.29, 0.717) is 0 Å². The molecule has 0 aromatic carbocycles. The lowest BCUT2D eigenvalue weighted by molar-refractivity contribution is 0.499. The van der Waals surface area contributed by atoms with Crippen LogP contribution in [0, 0.1) is 0 Å². The van der Waals surface area contributed by atoms with Crippen LogP contribution in [-0.4, -0.2) is 16.6 Å². The van der Waals surface area contributed by atoms with Crippen molar-refractivity contribution in [2.45, 2.75) is 85.6 Å². The maximum atomic E-state index is 7.54. The molecule has 21 heavy (non-hydrogen) atoms. The van der Waals surface area contributed by atoms with Crippen molar-refractivity contribution in [3.05, 3.63) is 25.3 Å². The summed E-state index contributed by atoms with van der Waals surface area (Å²) in [4.78, 5) is 0. The van der Waals surface area contributed by atoms with E-state index in [2.05, 4.69) is 25.3 Å². The molecule has 4 rings (SSSR count). The lowest BCUT2D eigenvalue weighted by Gasteiger charge is -2.43. The predicted molar refractivity (Wildman–Crippen MR) is 94.5 cm³/mol. The van der Waals surface area contributed by atoms with Crippen LogP contribution in [0.5, 0.6) is 0 Å². The van der Waals surface area contributed by atoms with Gasteiger partial charge in [-0.1, -0.05) is 63.5 Å². The van der Waals surface area contributed by atoms with Crippen LogP contribution in [-0.2, 0) is 4.12 Å². The Morgan fingerprint density at radius 3 is 1.14 bits per heavy atom. The fraction of sp³-hybridized carbons (Fsp3) is 0.778. The quantitative estimate of drug-likeness (QED) is 0.359. The molecule has 0 unspecified atom stereocenters. The van der Waals surface area contributed by atoms with E-state index in [4.69, 9.17) is 4.12 Å². The Kier molecular flexibility index (Phi) is 3.59. The zero-order valence-electron chi connectivity index (χ0n) is 13.4. The third-order valence-electron chi connectivity index (χ3n) is 6.38. The van der Waals surface area contributed by atoms with Gasteiger partial charge in [-0.25, -0.2) is 0 Å². The van der Waals surface area contributed by atoms with Crippen LogP contribution in [0.15, 0.2) is 25.3 Å². The van der Waals surface area contributed by atoms with Crippen molar-refractivity contribution in [3.8, 4) is 0 Å². The fourth-order valence-electron chi connectivity index (χ4n) is 4.84. The number of rotatable bonds is 10. The Hall–Kier alpha value is -0.126. The molecule has 4 aliphatic rings. The number of hydrogen-bond acceptors (Lipinski definition) is 1. The van der Waals surface area contributed by atoms with E-state index in [1.165, 1.54) is 63.5 Å². The Labute approximate surface area is 132 Å². The molecule has 0 heterocycles. The maximum absolute atomic E-state index is 7.54. The van der Waals surface area contributed by atoms with Gasteiger partial charge in [-0.2, -0.15) is 0 Å². The van der Waals surface area contributed by atoms with Crippen LogP contribution in [0.25, 0.3) is 0 Å². The summed E-state index contributed by atoms with van der Waals surface area (Å²) in [6.07, 6.45) is 16.1. The summed E-state index contributed by atoms with van der Waals surface area (Å²) in [6, 6.07) is 2.49. The second-order valence-electron chi connectivity index (χ2n) is 8.09. The lowest BCUT2D eigenvalue weighted by atomic mass is 10.8. The predicted octanol–water partition coefficient (Wildman–Crippen LogP) is 5.92. The van der Waals surface area contributed by atoms with Gasteiger partial charge in [0.15, 0.2) is 16.6 Å². The van der Waals surface area contributed by atoms with Gasteiger partial charge in [0.2, 0.25) is 0 Å². The molecular formula is C18H30OSi2. The molecule has 0 bridgehead atoms. The highest BCUT2D eigenvalue weighted by Gasteiger charge is 2.65. The molecule has 0 aromatic heterocycles. The molecule has 116 valence electrons. The molecule has 0 amide bonds. The van der Waals surface area contributed by atoms with Gasteiger partial charge in [-0.15, -0.1) is 13.2 Å². The summed E-state index contributed by atoms with van der Waals surface area (Å²) in [5.41, 5.74) is 3.93. The van der Waals surface area contributed by atoms with Crippen LogP contribution in [0.1, 0.15) is 51.4 Å². The number of allylic oxidation sites excluding steroid dienone is 2. The second-order valence-corrected chi connectivity index (χ2v) is 16.8. The Bertz CT molecular complexity index is 366. The normalized spacial score (nSPS) is 26.7. The molecule has 4 saturated carbocycles. The van der Waals surface area contributed by atoms with Gasteiger partial charge in [0.1, 0.15) is 0 Å². The Morgan fingerprint density at radius 2 is 0.952 bits per heavy atom. The first-order valence-electron chi connectivity index (χ1n) is 9.17. The summed E-state index contributed by atoms with van der Waals surface area (Å²) < 4.78 is 7.54. The van der Waals surface area contributed by atoms with E-state index >= 15 is 0 Å². The average molecular weight is 319 g/mol. The molecule has 4 aliphatic carbocycles. The van der Waals surface area contributed by atoms with Crippen molar-refractivity contribution in [1.82, 2.24) is 0 Å². The van der Waals surface area contributed by atoms with Crippen LogP contribution in [0.4, 0.5) is 0 Å². The van der Waals surface area contributed by atoms with Gasteiger partial charge >= 0.3 is 0 Å². The molecule has 0 aliphatic heterocycles. The van der Waals surface area contributed by atoms with Crippen molar-refractivity contribution < 1.29 is 4.12 Å². The molecule has 0 aromatic rings. The zero-order chi connectivity index (χ0) is 14.5. The fourth-order valence-corrected chi connectivity index (χ4v) is 19.2. The van der Waals surface area contributed by atoms with Crippen molar-refractivity contribution >= 4 is 16.6 Å². The SMILES string of the molecule is C=CC[Si](O[Si](CC=C)(C1CC1)C1CC1)(C1CC1)C1CC1. The van der Waals surface area contributed by atoms with Crippen LogP contribution in [0.3, 0.4) is 0 Å². The minimum absolute atomic E-state index is 0.984. The topological polar surface area (TPSA) is 9.23 Å². The third kappa shape index (κ3) is 2.55. The van der Waals surface area contributed by atoms with Gasteiger partial charge < -0.3 is 4.12 Å². The van der Waals surface area contributed by atoms with E-state index in [1.54, 1.807) is 0 Å². The molecule has 0 radical (unpaired) electrons. The molecule has 4 fully saturated rings. The van der Waals surface area contributed by atoms with Gasteiger partial charge in [0.25, 0.3) is 0 Å². The smallest absolute Gasteiger partial charge is 0.189 e. The summed E-state index contributed by atoms with van der Waals surface area (Å²) in [5, 5.41) is 0. The highest BCUT2D eigenvalue weighted by molar-refractivity contribution is 6.91. The van der Waals surface area contributed by atoms with Crippen LogP contribution >= 0.6 is 0 Å². The highest BCUT2D eigenvalue weighted by atomic mass is 28.4. The van der Waals surface area contributed by atoms with E-state index in [0.717, 1.165) is 22.2 Å². The first-order valence-corrected chi connectivity index (χ1v) is 13.7. The second kappa shape index (κ2) is 5.21. The largest absolute Gasteiger partial charge is 0.454 e. The zero-order valence-corrected chi connectivity index (χ0v) is 15.4. The monoisotopic (exact) mass is 318 g/mol. The van der Waals surface area contributed by atoms with Crippen molar-refractivity contribution in [2.75, 3.05) is 0 Å². The van der Waals surface area contributed by atoms with Gasteiger partial charge in [-0.05, 0) is 34.3 Å². The summed E-state index contributed by atoms with van der Waals surface area (Å²) >= 11 is 0. The average Bonchev–Trinajstić information content (AvgIpc) is 3.32. The van der Waals surface area contributed by atoms with Gasteiger partial charge in [0.05, 0.1) is 0 Å². The van der Waals surface area contributed by atoms with Gasteiger partial charge in [0, 0.05) is 0 Å². The highest BCUT2D eigenvalue weighted by Crippen LogP contribution is 2.67. The molecule has 0 spiro atoms. The van der Waals surface area contributed by atoms with E-state index in [1.807, 2.05) is 0 Å². The van der Waals surface area contributed by atoms with Crippen molar-refractivity contribution in [2.24, 2.45) is 0 Å². The standard InChI is InChI=1S/C18H30OSi2/c1-3-13-20(15-5-6-15,16-7-8-16)19-21(14-4-2,17-9-10-17)18-11-12-18/h3-4,15-18H,1-2,5-14H2. The first-order chi connectivity index (χ1) is 10.2. The number of hydrogen-bond donors (Lipinski definition) is 0. The molecule has 1 nitrogen and oxygen atoms in total. The molecule has 0 atom stereocenters. The van der Waals surface area contributed by atoms with Crippen LogP contribution in [0.2, 0.25) is 34.3 Å². The summed E-state index contributed by atoms with van der Waals surface area (Å²) in [6.45, 7) is 8.23. The molecule has 0 N–H and O–H groups in total. The van der Waals surface area contributed by atoms with E-state index in [-0.39, 0.29) is 0 Å². The minimum Gasteiger partial charge on any atom is -0.454 e. The van der Waals surface area contributed by atoms with Crippen LogP contribution < -0.4 is 0 Å². The van der Waals surface area contributed by atoms with E-state index < -0.39 is 16.6 Å². The van der Waals surface area contributed by atoms with E-state index in [9.17, 15) is 0 Å². The minimum atomic E-state index is -1.55. The lowest BCUT2D eigenvalue weighted by Crippen LogP contribution is -2.53. The Balaban J connectivity index is 1.65. The summed E-state index contributed by atoms with van der Waals surface area (Å²) in [7, 11) is -3.10. The van der Waals surface area contributed by atoms with Crippen molar-refractivity contribution in [3.63, 3.8) is 0 Å². The molecule has 3 heteroatoms. The Morgan fingerprint density at radius 1 is 0.667 bits per heavy atom.